The number of primary amides is 2. The number of carbonyl (C=O) groups excluding carboxylic acids is 17. The van der Waals surface area contributed by atoms with E-state index in [1.807, 2.05) is 0 Å². The summed E-state index contributed by atoms with van der Waals surface area (Å²) in [5, 5.41) is 102. The van der Waals surface area contributed by atoms with Gasteiger partial charge in [-0.15, -0.1) is 5.10 Å². The number of hydrogen-bond donors (Lipinski definition) is 26. The fraction of sp³-hybridized carbons (Fsp3) is 0.604. The van der Waals surface area contributed by atoms with E-state index in [4.69, 9.17) is 32.1 Å². The number of carboxylic acids is 2. The molecule has 0 aliphatic carbocycles. The number of carboxylic acid groups (broad SMARTS) is 2. The molecule has 0 saturated carbocycles. The van der Waals surface area contributed by atoms with Gasteiger partial charge < -0.3 is 142 Å². The molecule has 5 aromatic rings. The van der Waals surface area contributed by atoms with E-state index >= 15 is 28.8 Å². The van der Waals surface area contributed by atoms with Crippen LogP contribution in [0.4, 0.5) is 0 Å². The van der Waals surface area contributed by atoms with Crippen LogP contribution in [0.3, 0.4) is 0 Å². The lowest BCUT2D eigenvalue weighted by molar-refractivity contribution is -0.143. The lowest BCUT2D eigenvalue weighted by atomic mass is 10.0. The number of nitrogens with zero attached hydrogens (tertiary/aromatic N) is 6. The second-order valence-electron chi connectivity index (χ2n) is 36.7. The first-order valence-electron chi connectivity index (χ1n) is 50.5. The summed E-state index contributed by atoms with van der Waals surface area (Å²) < 4.78 is 10.9. The van der Waals surface area contributed by atoms with Crippen LogP contribution in [0.2, 0.25) is 0 Å². The maximum atomic E-state index is 15.5. The number of nitrogens with two attached hydrogens (primary N) is 3. The Kier molecular flexibility index (Phi) is 54.7. The molecule has 3 aromatic heterocycles. The third kappa shape index (κ3) is 46.9. The van der Waals surface area contributed by atoms with Crippen molar-refractivity contribution in [1.29, 1.82) is 5.41 Å². The van der Waals surface area contributed by atoms with Gasteiger partial charge in [0.2, 0.25) is 100 Å². The van der Waals surface area contributed by atoms with Crippen molar-refractivity contribution in [3.8, 4) is 0 Å². The Hall–Kier alpha value is -14.7. The van der Waals surface area contributed by atoms with Crippen LogP contribution in [0.1, 0.15) is 203 Å². The van der Waals surface area contributed by atoms with E-state index < -0.39 is 276 Å². The van der Waals surface area contributed by atoms with Gasteiger partial charge in [-0.2, -0.15) is 0 Å². The summed E-state index contributed by atoms with van der Waals surface area (Å²) in [6, 6.07) is -3.45. The third-order valence-electron chi connectivity index (χ3n) is 24.6. The number of ether oxygens (including phenoxy) is 2. The largest absolute Gasteiger partial charge is 0.480 e. The fourth-order valence-electron chi connectivity index (χ4n) is 16.7. The number of para-hydroxylation sites is 1. The first-order valence-corrected chi connectivity index (χ1v) is 50.5. The molecule has 29 N–H and O–H groups in total. The van der Waals surface area contributed by atoms with Gasteiger partial charge in [0.05, 0.1) is 65.0 Å². The minimum Gasteiger partial charge on any atom is -0.480 e. The molecule has 820 valence electrons. The van der Waals surface area contributed by atoms with Crippen molar-refractivity contribution in [3.05, 3.63) is 96.0 Å². The van der Waals surface area contributed by atoms with Gasteiger partial charge in [0.1, 0.15) is 78.9 Å². The van der Waals surface area contributed by atoms with E-state index in [1.165, 1.54) is 63.9 Å². The Morgan fingerprint density at radius 3 is 1.86 bits per heavy atom. The van der Waals surface area contributed by atoms with Crippen LogP contribution in [0.15, 0.2) is 73.3 Å². The molecule has 2 aliphatic rings. The highest BCUT2D eigenvalue weighted by Crippen LogP contribution is 2.25. The quantitative estimate of drug-likeness (QED) is 0.00985. The summed E-state index contributed by atoms with van der Waals surface area (Å²) in [4.78, 5) is 276. The van der Waals surface area contributed by atoms with Crippen LogP contribution in [0, 0.1) is 5.41 Å². The number of aliphatic hydroxyl groups is 2. The summed E-state index contributed by atoms with van der Waals surface area (Å²) in [5.41, 5.74) is 18.9. The highest BCUT2D eigenvalue weighted by Gasteiger charge is 2.45. The number of nitrogens with one attached hydrogen (secondary N) is 19. The smallest absolute Gasteiger partial charge is 0.317 e. The van der Waals surface area contributed by atoms with Crippen molar-refractivity contribution in [2.45, 2.75) is 279 Å². The Balaban J connectivity index is 1.04. The topological polar surface area (TPSA) is 811 Å². The summed E-state index contributed by atoms with van der Waals surface area (Å²) in [7, 11) is 0. The molecule has 149 heavy (non-hydrogen) atoms. The molecule has 0 unspecified atom stereocenters. The summed E-state index contributed by atoms with van der Waals surface area (Å²) in [6.45, 7) is -4.86. The monoisotopic (exact) mass is 2090 g/mol. The molecule has 17 amide bonds. The molecular formula is C96H146N28O25. The SMILES string of the molecule is CCCC[C@H](NC(=O)[C@H](CNC(=O)CN(CC(=O)O)CC(=O)O)NC(=O)[C@H](Cc1cnc[nH]1)NC(=O)[C@H](CCC(N)=O)NC(=O)[C@H](CO)NC(=O)CNC(=O)COCCOCCNC(=O)CCCCCCCCCCCCCCCc1nnn[nH]1)C(=O)N[C@H]1CCC(=O)NCCCC[C@@H](C(N)=O)NC(=O)[C@H](Cc2c[nH]c3ccccc23)NC(=O)[C@H](CCCNC(=N)N)NC(=O)[C@@H](Cc2ccccc2)NC(=O)[C@@H]2C[C@H](O)CN2C1=O. The van der Waals surface area contributed by atoms with E-state index in [0.717, 1.165) is 49.2 Å². The van der Waals surface area contributed by atoms with Crippen molar-refractivity contribution < 1.29 is 121 Å². The zero-order valence-corrected chi connectivity index (χ0v) is 84.0. The average molecular weight is 2090 g/mol. The van der Waals surface area contributed by atoms with E-state index in [-0.39, 0.29) is 109 Å². The van der Waals surface area contributed by atoms with Crippen molar-refractivity contribution in [1.82, 2.24) is 125 Å². The lowest BCUT2D eigenvalue weighted by Crippen LogP contribution is -2.62. The Morgan fingerprint density at radius 1 is 0.584 bits per heavy atom. The number of fused-ring (bicyclic) bond motifs is 2. The zero-order valence-electron chi connectivity index (χ0n) is 84.0. The molecule has 2 fully saturated rings. The second-order valence-corrected chi connectivity index (χ2v) is 36.7. The number of rotatable bonds is 63. The van der Waals surface area contributed by atoms with E-state index in [0.29, 0.717) is 39.8 Å². The van der Waals surface area contributed by atoms with E-state index in [9.17, 15) is 82.8 Å². The number of aromatic amines is 3. The summed E-state index contributed by atoms with van der Waals surface area (Å²) in [6.07, 6.45) is 14.9. The van der Waals surface area contributed by atoms with Gasteiger partial charge in [0.25, 0.3) is 0 Å². The molecule has 5 heterocycles. The molecule has 7 rings (SSSR count). The van der Waals surface area contributed by atoms with Gasteiger partial charge in [-0.05, 0) is 91.8 Å². The van der Waals surface area contributed by atoms with Crippen LogP contribution >= 0.6 is 0 Å². The number of aliphatic carboxylic acids is 2. The minimum absolute atomic E-state index is 0.0146. The number of aliphatic hydroxyl groups excluding tert-OH is 2. The molecule has 2 saturated heterocycles. The van der Waals surface area contributed by atoms with Gasteiger partial charge in [0.15, 0.2) is 5.96 Å². The number of H-pyrrole nitrogens is 3. The van der Waals surface area contributed by atoms with Crippen molar-refractivity contribution in [3.63, 3.8) is 0 Å². The normalized spacial score (nSPS) is 18.1. The number of aryl methyl sites for hydroxylation is 1. The molecule has 2 aromatic carbocycles. The molecule has 2 aliphatic heterocycles. The van der Waals surface area contributed by atoms with Gasteiger partial charge >= 0.3 is 11.9 Å². The maximum Gasteiger partial charge on any atom is 0.317 e. The van der Waals surface area contributed by atoms with Crippen molar-refractivity contribution in [2.75, 3.05) is 91.9 Å². The first kappa shape index (κ1) is 121. The van der Waals surface area contributed by atoms with E-state index in [1.54, 1.807) is 67.7 Å². The predicted molar refractivity (Wildman–Crippen MR) is 534 cm³/mol. The molecule has 53 heteroatoms. The van der Waals surface area contributed by atoms with Gasteiger partial charge in [-0.3, -0.25) is 101 Å². The number of carbonyl (C=O) groups is 19. The molecule has 53 nitrogen and oxygen atoms in total. The number of unbranched alkanes of at least 4 members (excludes halogenated alkanes) is 13. The van der Waals surface area contributed by atoms with E-state index in [2.05, 4.69) is 115 Å². The molecule has 0 bridgehead atoms. The predicted octanol–water partition coefficient (Wildman–Crippen LogP) is -4.92. The molecule has 0 spiro atoms. The summed E-state index contributed by atoms with van der Waals surface area (Å²) in [5.74, 6) is -19.5. The number of benzene rings is 2. The number of amides is 17. The zero-order chi connectivity index (χ0) is 108. The lowest BCUT2D eigenvalue weighted by Gasteiger charge is -2.31. The highest BCUT2D eigenvalue weighted by atomic mass is 16.5. The molecule has 0 radical (unpaired) electrons. The Morgan fingerprint density at radius 2 is 1.20 bits per heavy atom. The third-order valence-corrected chi connectivity index (χ3v) is 24.6. The first-order chi connectivity index (χ1) is 71.6. The standard InChI is InChI=1S/C96H146N28O25/c1-2-3-28-66(86(138)114-69-35-37-79(129)102-38-23-22-30-65(85(98)137)110-90(142)71(45-60-48-105-64-29-21-20-27-63(60)64)115-87(139)67(31-24-39-104-96(99)100)111-89(141)70(44-59-25-16-15-17-26-59)117-94(146)75-47-62(126)52-124(75)95(69)147)112-92(144)73(50-106-81(131)53-123(54-83(133)134)55-84(135)136)118-91(143)72(46-61-49-101-58-108-61)116-88(140)68(34-36-76(97)127)113-93(145)74(56-125)109-80(130)51-107-82(132)57-149-43-42-148-41-40-103-78(128)33-19-14-12-10-8-6-4-5-7-9-11-13-18-32-77-119-121-122-120-77/h15-17,20-21,25-27,29,48-49,58,62,65-75,105,125-126H,2-14,18-19,22-24,28,30-47,50-57H2,1H3,(H2,97,127)(H2,98,137)(H,101,108)(H,102,129)(H,103,128)(H,106,131)(H,107,132)(H,109,130)(H,110,142)(H,111,141)(H,112,144)(H,113,145)(H,114,138)(H,115,139)(H,116,140)(H,117,146)(H,118,143)(H,133,134)(H,135,136)(H4,99,100,104)(H,119,120,121,122)/t62-,65-,66-,67-,68-,69-,70+,71-,72-,73-,74-,75-/m0/s1. The number of aromatic nitrogens is 7. The van der Waals surface area contributed by atoms with Crippen LogP contribution in [-0.4, -0.2) is 349 Å². The van der Waals surface area contributed by atoms with Gasteiger partial charge in [-0.25, -0.2) is 10.1 Å². The fourth-order valence-corrected chi connectivity index (χ4v) is 16.7. The van der Waals surface area contributed by atoms with Crippen LogP contribution < -0.4 is 97.0 Å². The van der Waals surface area contributed by atoms with Crippen molar-refractivity contribution >= 4 is 129 Å². The number of tetrazole rings is 1. The van der Waals surface area contributed by atoms with Crippen LogP contribution in [0.25, 0.3) is 10.9 Å². The maximum absolute atomic E-state index is 15.5. The van der Waals surface area contributed by atoms with Crippen molar-refractivity contribution in [2.24, 2.45) is 17.2 Å². The van der Waals surface area contributed by atoms with Crippen LogP contribution in [-0.2, 0) is 126 Å². The minimum atomic E-state index is -2.08. The summed E-state index contributed by atoms with van der Waals surface area (Å²) >= 11 is 0. The Bertz CT molecular complexity index is 5140. The van der Waals surface area contributed by atoms with Crippen LogP contribution in [0.5, 0.6) is 0 Å². The number of imidazole rings is 1. The Labute approximate surface area is 860 Å². The number of hydrogen-bond acceptors (Lipinski definition) is 29. The average Bonchev–Trinajstić information content (AvgIpc) is 1.69. The van der Waals surface area contributed by atoms with Gasteiger partial charge in [0, 0.05) is 113 Å². The van der Waals surface area contributed by atoms with Gasteiger partial charge in [-0.1, -0.05) is 139 Å². The number of guanidine groups is 1. The molecular weight excluding hydrogens is 1950 g/mol. The molecule has 12 atom stereocenters. The second kappa shape index (κ2) is 67.2. The highest BCUT2D eigenvalue weighted by molar-refractivity contribution is 6.01.